The van der Waals surface area contributed by atoms with Crippen molar-refractivity contribution in [1.29, 1.82) is 0 Å². The highest BCUT2D eigenvalue weighted by Crippen LogP contribution is 2.32. The summed E-state index contributed by atoms with van der Waals surface area (Å²) in [6, 6.07) is 6.44. The first-order valence-corrected chi connectivity index (χ1v) is 7.29. The predicted octanol–water partition coefficient (Wildman–Crippen LogP) is 2.53. The van der Waals surface area contributed by atoms with E-state index in [4.69, 9.17) is 9.47 Å². The molecule has 1 saturated heterocycles. The van der Waals surface area contributed by atoms with Gasteiger partial charge in [-0.25, -0.2) is 0 Å². The number of hydrogen-bond acceptors (Lipinski definition) is 3. The average Bonchev–Trinajstić information content (AvgIpc) is 2.46. The van der Waals surface area contributed by atoms with Crippen molar-refractivity contribution < 1.29 is 9.47 Å². The standard InChI is InChI=1S/C16H23NO2/c1-16(6-9-18-10-7-16)12-19-15-4-2-3-13-5-8-17-11-14(13)15/h2-4,17H,5-12H2,1H3. The highest BCUT2D eigenvalue weighted by molar-refractivity contribution is 5.41. The third-order valence-corrected chi connectivity index (χ3v) is 4.38. The van der Waals surface area contributed by atoms with E-state index in [2.05, 4.69) is 30.4 Å². The van der Waals surface area contributed by atoms with Gasteiger partial charge in [0.2, 0.25) is 0 Å². The fraction of sp³-hybridized carbons (Fsp3) is 0.625. The maximum absolute atomic E-state index is 6.15. The number of fused-ring (bicyclic) bond motifs is 1. The summed E-state index contributed by atoms with van der Waals surface area (Å²) < 4.78 is 11.6. The molecule has 0 unspecified atom stereocenters. The lowest BCUT2D eigenvalue weighted by Gasteiger charge is -2.33. The fourth-order valence-corrected chi connectivity index (χ4v) is 2.88. The van der Waals surface area contributed by atoms with Gasteiger partial charge in [-0.2, -0.15) is 0 Å². The van der Waals surface area contributed by atoms with Gasteiger partial charge in [-0.1, -0.05) is 19.1 Å². The van der Waals surface area contributed by atoms with Crippen molar-refractivity contribution in [2.75, 3.05) is 26.4 Å². The van der Waals surface area contributed by atoms with Gasteiger partial charge in [0.15, 0.2) is 0 Å². The Labute approximate surface area is 115 Å². The maximum Gasteiger partial charge on any atom is 0.124 e. The Bertz CT molecular complexity index is 438. The van der Waals surface area contributed by atoms with Gasteiger partial charge >= 0.3 is 0 Å². The molecule has 0 spiro atoms. The van der Waals surface area contributed by atoms with E-state index >= 15 is 0 Å². The van der Waals surface area contributed by atoms with E-state index in [0.717, 1.165) is 57.9 Å². The normalized spacial score (nSPS) is 21.7. The SMILES string of the molecule is CC1(COc2cccc3c2CNCC3)CCOCC1. The van der Waals surface area contributed by atoms with E-state index in [0.29, 0.717) is 0 Å². The van der Waals surface area contributed by atoms with Gasteiger partial charge in [-0.05, 0) is 37.4 Å². The monoisotopic (exact) mass is 261 g/mol. The van der Waals surface area contributed by atoms with Crippen LogP contribution in [0.5, 0.6) is 5.75 Å². The van der Waals surface area contributed by atoms with Crippen LogP contribution in [0.4, 0.5) is 0 Å². The molecular formula is C16H23NO2. The van der Waals surface area contributed by atoms with E-state index < -0.39 is 0 Å². The molecule has 19 heavy (non-hydrogen) atoms. The van der Waals surface area contributed by atoms with Gasteiger partial charge in [-0.3, -0.25) is 0 Å². The van der Waals surface area contributed by atoms with Crippen LogP contribution >= 0.6 is 0 Å². The quantitative estimate of drug-likeness (QED) is 0.907. The van der Waals surface area contributed by atoms with Gasteiger partial charge in [0.25, 0.3) is 0 Å². The van der Waals surface area contributed by atoms with Crippen LogP contribution in [0, 0.1) is 5.41 Å². The Balaban J connectivity index is 1.69. The van der Waals surface area contributed by atoms with Crippen molar-refractivity contribution in [3.05, 3.63) is 29.3 Å². The lowest BCUT2D eigenvalue weighted by Crippen LogP contribution is -2.33. The van der Waals surface area contributed by atoms with Crippen LogP contribution in [0.25, 0.3) is 0 Å². The van der Waals surface area contributed by atoms with E-state index in [1.807, 2.05) is 0 Å². The molecule has 1 fully saturated rings. The molecule has 0 aromatic heterocycles. The molecule has 2 aliphatic heterocycles. The molecule has 1 aromatic carbocycles. The number of rotatable bonds is 3. The Morgan fingerprint density at radius 1 is 1.32 bits per heavy atom. The van der Waals surface area contributed by atoms with Crippen LogP contribution in [-0.2, 0) is 17.7 Å². The molecule has 104 valence electrons. The molecule has 1 aromatic rings. The van der Waals surface area contributed by atoms with Gasteiger partial charge in [0.1, 0.15) is 5.75 Å². The topological polar surface area (TPSA) is 30.5 Å². The number of benzene rings is 1. The molecular weight excluding hydrogens is 238 g/mol. The summed E-state index contributed by atoms with van der Waals surface area (Å²) in [5.41, 5.74) is 3.06. The summed E-state index contributed by atoms with van der Waals surface area (Å²) in [6.45, 7) is 6.86. The molecule has 3 nitrogen and oxygen atoms in total. The van der Waals surface area contributed by atoms with Crippen molar-refractivity contribution >= 4 is 0 Å². The molecule has 2 heterocycles. The summed E-state index contributed by atoms with van der Waals surface area (Å²) in [6.07, 6.45) is 3.30. The highest BCUT2D eigenvalue weighted by Gasteiger charge is 2.28. The second kappa shape index (κ2) is 5.51. The first-order valence-electron chi connectivity index (χ1n) is 7.29. The van der Waals surface area contributed by atoms with E-state index in [9.17, 15) is 0 Å². The summed E-state index contributed by atoms with van der Waals surface area (Å²) >= 11 is 0. The van der Waals surface area contributed by atoms with Gasteiger partial charge in [-0.15, -0.1) is 0 Å². The summed E-state index contributed by atoms with van der Waals surface area (Å²) in [5, 5.41) is 3.43. The molecule has 3 rings (SSSR count). The summed E-state index contributed by atoms with van der Waals surface area (Å²) in [5.74, 6) is 1.07. The first kappa shape index (κ1) is 12.9. The minimum absolute atomic E-state index is 0.267. The molecule has 0 atom stereocenters. The molecule has 0 aliphatic carbocycles. The molecule has 0 bridgehead atoms. The molecule has 0 amide bonds. The maximum atomic E-state index is 6.15. The Hall–Kier alpha value is -1.06. The zero-order valence-corrected chi connectivity index (χ0v) is 11.7. The van der Waals surface area contributed by atoms with Crippen molar-refractivity contribution in [2.24, 2.45) is 5.41 Å². The predicted molar refractivity (Wildman–Crippen MR) is 75.5 cm³/mol. The molecule has 3 heteroatoms. The number of ether oxygens (including phenoxy) is 2. The van der Waals surface area contributed by atoms with Crippen LogP contribution < -0.4 is 10.1 Å². The summed E-state index contributed by atoms with van der Waals surface area (Å²) in [4.78, 5) is 0. The lowest BCUT2D eigenvalue weighted by molar-refractivity contribution is 0.0000988. The zero-order valence-electron chi connectivity index (χ0n) is 11.7. The van der Waals surface area contributed by atoms with E-state index in [1.165, 1.54) is 11.1 Å². The second-order valence-corrected chi connectivity index (χ2v) is 6.03. The van der Waals surface area contributed by atoms with Crippen LogP contribution in [0.1, 0.15) is 30.9 Å². The molecule has 2 aliphatic rings. The second-order valence-electron chi connectivity index (χ2n) is 6.03. The average molecular weight is 261 g/mol. The third-order valence-electron chi connectivity index (χ3n) is 4.38. The van der Waals surface area contributed by atoms with Crippen molar-refractivity contribution in [3.8, 4) is 5.75 Å². The Morgan fingerprint density at radius 3 is 3.00 bits per heavy atom. The Morgan fingerprint density at radius 2 is 2.16 bits per heavy atom. The summed E-state index contributed by atoms with van der Waals surface area (Å²) in [7, 11) is 0. The Kier molecular flexibility index (Phi) is 3.76. The van der Waals surface area contributed by atoms with Crippen molar-refractivity contribution in [3.63, 3.8) is 0 Å². The van der Waals surface area contributed by atoms with Gasteiger partial charge in [0, 0.05) is 30.7 Å². The van der Waals surface area contributed by atoms with Crippen molar-refractivity contribution in [1.82, 2.24) is 5.32 Å². The van der Waals surface area contributed by atoms with E-state index in [1.54, 1.807) is 0 Å². The lowest BCUT2D eigenvalue weighted by atomic mass is 9.83. The number of nitrogens with one attached hydrogen (secondary N) is 1. The van der Waals surface area contributed by atoms with Crippen LogP contribution in [0.15, 0.2) is 18.2 Å². The largest absolute Gasteiger partial charge is 0.493 e. The third kappa shape index (κ3) is 2.93. The molecule has 1 N–H and O–H groups in total. The van der Waals surface area contributed by atoms with Crippen LogP contribution in [0.2, 0.25) is 0 Å². The smallest absolute Gasteiger partial charge is 0.124 e. The molecule has 0 saturated carbocycles. The van der Waals surface area contributed by atoms with Gasteiger partial charge < -0.3 is 14.8 Å². The van der Waals surface area contributed by atoms with Crippen LogP contribution in [0.3, 0.4) is 0 Å². The van der Waals surface area contributed by atoms with Crippen molar-refractivity contribution in [2.45, 2.75) is 32.7 Å². The first-order chi connectivity index (χ1) is 9.27. The van der Waals surface area contributed by atoms with E-state index in [-0.39, 0.29) is 5.41 Å². The molecule has 0 radical (unpaired) electrons. The highest BCUT2D eigenvalue weighted by atomic mass is 16.5. The number of hydrogen-bond donors (Lipinski definition) is 1. The van der Waals surface area contributed by atoms with Gasteiger partial charge in [0.05, 0.1) is 6.61 Å². The minimum Gasteiger partial charge on any atom is -0.493 e. The minimum atomic E-state index is 0.267. The zero-order chi connectivity index (χ0) is 13.1. The van der Waals surface area contributed by atoms with Crippen LogP contribution in [-0.4, -0.2) is 26.4 Å². The fourth-order valence-electron chi connectivity index (χ4n) is 2.88.